The van der Waals surface area contributed by atoms with Crippen LogP contribution in [0.5, 0.6) is 0 Å². The fourth-order valence-corrected chi connectivity index (χ4v) is 5.15. The lowest BCUT2D eigenvalue weighted by atomic mass is 9.87. The van der Waals surface area contributed by atoms with Gasteiger partial charge in [-0.15, -0.1) is 0 Å². The number of nitrogens with zero attached hydrogens (tertiary/aromatic N) is 1. The molecule has 29 heavy (non-hydrogen) atoms. The van der Waals surface area contributed by atoms with Crippen molar-refractivity contribution >= 4 is 21.6 Å². The van der Waals surface area contributed by atoms with E-state index < -0.39 is 10.0 Å². The maximum Gasteiger partial charge on any atom is 0.240 e. The molecular formula is C23H28N2O3S. The lowest BCUT2D eigenvalue weighted by molar-refractivity contribution is -0.119. The predicted molar refractivity (Wildman–Crippen MR) is 115 cm³/mol. The van der Waals surface area contributed by atoms with E-state index in [-0.39, 0.29) is 28.1 Å². The van der Waals surface area contributed by atoms with Gasteiger partial charge < -0.3 is 4.90 Å². The Balaban J connectivity index is 1.55. The van der Waals surface area contributed by atoms with Crippen molar-refractivity contribution in [2.75, 3.05) is 18.0 Å². The highest BCUT2D eigenvalue weighted by Gasteiger charge is 2.43. The van der Waals surface area contributed by atoms with Crippen LogP contribution in [0.4, 0.5) is 5.69 Å². The van der Waals surface area contributed by atoms with E-state index in [0.717, 1.165) is 29.7 Å². The summed E-state index contributed by atoms with van der Waals surface area (Å²) in [6.07, 6.45) is 1.92. The first-order chi connectivity index (χ1) is 13.7. The molecule has 154 valence electrons. The molecule has 2 aliphatic rings. The number of sulfonamides is 1. The number of amides is 1. The third-order valence-electron chi connectivity index (χ3n) is 5.99. The highest BCUT2D eigenvalue weighted by molar-refractivity contribution is 7.89. The molecule has 0 bridgehead atoms. The van der Waals surface area contributed by atoms with Crippen LogP contribution in [-0.4, -0.2) is 27.4 Å². The SMILES string of the molecule is C[C@H](CNS(=O)(=O)c1ccc2c(c1)C(C)(C)CN2C(=O)C1CC1)c1ccccc1. The number of anilines is 1. The number of hydrogen-bond acceptors (Lipinski definition) is 3. The third kappa shape index (κ3) is 3.96. The van der Waals surface area contributed by atoms with Crippen LogP contribution in [0.15, 0.2) is 53.4 Å². The number of hydrogen-bond donors (Lipinski definition) is 1. The zero-order valence-corrected chi connectivity index (χ0v) is 18.0. The maximum atomic E-state index is 12.9. The predicted octanol–water partition coefficient (Wildman–Crippen LogP) is 3.80. The van der Waals surface area contributed by atoms with E-state index in [4.69, 9.17) is 0 Å². The number of fused-ring (bicyclic) bond motifs is 1. The smallest absolute Gasteiger partial charge is 0.240 e. The Morgan fingerprint density at radius 3 is 2.52 bits per heavy atom. The molecule has 0 spiro atoms. The topological polar surface area (TPSA) is 66.5 Å². The van der Waals surface area contributed by atoms with Gasteiger partial charge in [-0.25, -0.2) is 13.1 Å². The van der Waals surface area contributed by atoms with Gasteiger partial charge in [-0.3, -0.25) is 4.79 Å². The van der Waals surface area contributed by atoms with Crippen molar-refractivity contribution in [1.29, 1.82) is 0 Å². The molecule has 1 N–H and O–H groups in total. The van der Waals surface area contributed by atoms with Crippen molar-refractivity contribution in [3.63, 3.8) is 0 Å². The highest BCUT2D eigenvalue weighted by Crippen LogP contribution is 2.44. The number of nitrogens with one attached hydrogen (secondary N) is 1. The molecule has 0 saturated heterocycles. The Labute approximate surface area is 173 Å². The third-order valence-corrected chi connectivity index (χ3v) is 7.41. The zero-order chi connectivity index (χ0) is 20.8. The van der Waals surface area contributed by atoms with Crippen molar-refractivity contribution in [1.82, 2.24) is 4.72 Å². The maximum absolute atomic E-state index is 12.9. The van der Waals surface area contributed by atoms with Crippen molar-refractivity contribution < 1.29 is 13.2 Å². The summed E-state index contributed by atoms with van der Waals surface area (Å²) in [5.41, 5.74) is 2.59. The van der Waals surface area contributed by atoms with Gasteiger partial charge in [0.25, 0.3) is 0 Å². The summed E-state index contributed by atoms with van der Waals surface area (Å²) in [5, 5.41) is 0. The zero-order valence-electron chi connectivity index (χ0n) is 17.2. The van der Waals surface area contributed by atoms with Crippen LogP contribution in [0.2, 0.25) is 0 Å². The second-order valence-electron chi connectivity index (χ2n) is 8.93. The summed E-state index contributed by atoms with van der Waals surface area (Å²) < 4.78 is 28.6. The highest BCUT2D eigenvalue weighted by atomic mass is 32.2. The quantitative estimate of drug-likeness (QED) is 0.785. The molecule has 4 rings (SSSR count). The van der Waals surface area contributed by atoms with Crippen LogP contribution in [0.1, 0.15) is 50.7 Å². The van der Waals surface area contributed by atoms with Gasteiger partial charge in [0.15, 0.2) is 0 Å². The van der Waals surface area contributed by atoms with Gasteiger partial charge in [-0.1, -0.05) is 51.1 Å². The van der Waals surface area contributed by atoms with E-state index in [1.54, 1.807) is 18.2 Å². The number of benzene rings is 2. The van der Waals surface area contributed by atoms with Crippen molar-refractivity contribution in [3.8, 4) is 0 Å². The minimum Gasteiger partial charge on any atom is -0.311 e. The molecule has 1 aliphatic heterocycles. The molecule has 1 aliphatic carbocycles. The molecule has 0 radical (unpaired) electrons. The molecule has 2 aromatic carbocycles. The standard InChI is InChI=1S/C23H28N2O3S/c1-16(17-7-5-4-6-8-17)14-24-29(27,28)19-11-12-21-20(13-19)23(2,3)15-25(21)22(26)18-9-10-18/h4-8,11-13,16,18,24H,9-10,14-15H2,1-3H3/t16-/m1/s1. The van der Waals surface area contributed by atoms with Crippen LogP contribution in [-0.2, 0) is 20.2 Å². The Hall–Kier alpha value is -2.18. The molecule has 0 aromatic heterocycles. The Morgan fingerprint density at radius 1 is 1.17 bits per heavy atom. The van der Waals surface area contributed by atoms with E-state index in [1.807, 2.05) is 42.2 Å². The van der Waals surface area contributed by atoms with Crippen LogP contribution in [0.25, 0.3) is 0 Å². The van der Waals surface area contributed by atoms with E-state index in [0.29, 0.717) is 13.1 Å². The van der Waals surface area contributed by atoms with Crippen molar-refractivity contribution in [2.24, 2.45) is 5.92 Å². The van der Waals surface area contributed by atoms with Crippen LogP contribution >= 0.6 is 0 Å². The first kappa shape index (κ1) is 20.1. The Morgan fingerprint density at radius 2 is 1.86 bits per heavy atom. The molecule has 0 unspecified atom stereocenters. The summed E-state index contributed by atoms with van der Waals surface area (Å²) in [6, 6.07) is 15.0. The summed E-state index contributed by atoms with van der Waals surface area (Å²) in [4.78, 5) is 14.7. The number of carbonyl (C=O) groups is 1. The van der Waals surface area contributed by atoms with Gasteiger partial charge in [-0.05, 0) is 48.1 Å². The van der Waals surface area contributed by atoms with Crippen LogP contribution < -0.4 is 9.62 Å². The van der Waals surface area contributed by atoms with Gasteiger partial charge in [-0.2, -0.15) is 0 Å². The fraction of sp³-hybridized carbons (Fsp3) is 0.435. The minimum absolute atomic E-state index is 0.0727. The molecule has 5 nitrogen and oxygen atoms in total. The summed E-state index contributed by atoms with van der Waals surface area (Å²) >= 11 is 0. The van der Waals surface area contributed by atoms with E-state index in [9.17, 15) is 13.2 Å². The summed E-state index contributed by atoms with van der Waals surface area (Å²) in [5.74, 6) is 0.382. The van der Waals surface area contributed by atoms with Crippen molar-refractivity contribution in [3.05, 3.63) is 59.7 Å². The molecule has 1 fully saturated rings. The largest absolute Gasteiger partial charge is 0.311 e. The molecule has 1 amide bonds. The molecule has 1 heterocycles. The van der Waals surface area contributed by atoms with E-state index >= 15 is 0 Å². The van der Waals surface area contributed by atoms with Gasteiger partial charge in [0.05, 0.1) is 4.90 Å². The average Bonchev–Trinajstić information content (AvgIpc) is 3.52. The first-order valence-electron chi connectivity index (χ1n) is 10.2. The fourth-order valence-electron chi connectivity index (χ4n) is 3.99. The Bertz CT molecular complexity index is 1030. The summed E-state index contributed by atoms with van der Waals surface area (Å²) in [7, 11) is -3.63. The molecule has 1 atom stereocenters. The average molecular weight is 413 g/mol. The normalized spacial score (nSPS) is 19.1. The second kappa shape index (κ2) is 7.26. The number of carbonyl (C=O) groups excluding carboxylic acids is 1. The molecular weight excluding hydrogens is 384 g/mol. The van der Waals surface area contributed by atoms with Gasteiger partial charge >= 0.3 is 0 Å². The summed E-state index contributed by atoms with van der Waals surface area (Å²) in [6.45, 7) is 7.06. The van der Waals surface area contributed by atoms with Crippen LogP contribution in [0, 0.1) is 5.92 Å². The van der Waals surface area contributed by atoms with E-state index in [2.05, 4.69) is 18.6 Å². The second-order valence-corrected chi connectivity index (χ2v) is 10.7. The van der Waals surface area contributed by atoms with E-state index in [1.165, 1.54) is 0 Å². The van der Waals surface area contributed by atoms with Gasteiger partial charge in [0.2, 0.25) is 15.9 Å². The lowest BCUT2D eigenvalue weighted by Gasteiger charge is -2.20. The molecule has 6 heteroatoms. The first-order valence-corrected chi connectivity index (χ1v) is 11.7. The van der Waals surface area contributed by atoms with Gasteiger partial charge in [0.1, 0.15) is 0 Å². The van der Waals surface area contributed by atoms with Crippen LogP contribution in [0.3, 0.4) is 0 Å². The molecule has 2 aromatic rings. The minimum atomic E-state index is -3.63. The Kier molecular flexibility index (Phi) is 5.03. The lowest BCUT2D eigenvalue weighted by Crippen LogP contribution is -2.34. The van der Waals surface area contributed by atoms with Gasteiger partial charge in [0, 0.05) is 30.1 Å². The van der Waals surface area contributed by atoms with Crippen molar-refractivity contribution in [2.45, 2.75) is 49.8 Å². The monoisotopic (exact) mass is 412 g/mol. The number of rotatable bonds is 6. The molecule has 1 saturated carbocycles.